The second kappa shape index (κ2) is 4.63. The second-order valence-corrected chi connectivity index (χ2v) is 5.31. The minimum Gasteiger partial charge on any atom is -0.399 e. The number of benzene rings is 1. The number of rotatable bonds is 1. The van der Waals surface area contributed by atoms with Crippen LogP contribution in [0.15, 0.2) is 16.6 Å². The molecule has 1 fully saturated rings. The summed E-state index contributed by atoms with van der Waals surface area (Å²) in [5.41, 5.74) is 9.19. The molecule has 1 saturated heterocycles. The topological polar surface area (TPSA) is 32.5 Å². The van der Waals surface area contributed by atoms with Crippen molar-refractivity contribution in [2.45, 2.75) is 6.92 Å². The van der Waals surface area contributed by atoms with Crippen molar-refractivity contribution in [1.29, 1.82) is 0 Å². The van der Waals surface area contributed by atoms with E-state index < -0.39 is 0 Å². The van der Waals surface area contributed by atoms with E-state index in [1.807, 2.05) is 12.1 Å². The maximum absolute atomic E-state index is 5.82. The second-order valence-electron chi connectivity index (χ2n) is 4.46. The van der Waals surface area contributed by atoms with Crippen molar-refractivity contribution in [3.63, 3.8) is 0 Å². The third kappa shape index (κ3) is 2.33. The molecule has 0 radical (unpaired) electrons. The molecule has 0 unspecified atom stereocenters. The number of nitrogens with zero attached hydrogens (tertiary/aromatic N) is 2. The van der Waals surface area contributed by atoms with Gasteiger partial charge in [0.1, 0.15) is 0 Å². The number of aryl methyl sites for hydroxylation is 1. The molecule has 0 atom stereocenters. The molecule has 1 aliphatic rings. The largest absolute Gasteiger partial charge is 0.399 e. The van der Waals surface area contributed by atoms with E-state index in [1.54, 1.807) is 0 Å². The number of hydrogen-bond acceptors (Lipinski definition) is 3. The van der Waals surface area contributed by atoms with Gasteiger partial charge in [-0.05, 0) is 47.6 Å². The van der Waals surface area contributed by atoms with E-state index in [-0.39, 0.29) is 0 Å². The lowest BCUT2D eigenvalue weighted by molar-refractivity contribution is 0.312. The number of nitrogen functional groups attached to an aromatic ring is 1. The van der Waals surface area contributed by atoms with Crippen molar-refractivity contribution in [3.8, 4) is 0 Å². The fourth-order valence-electron chi connectivity index (χ4n) is 2.19. The number of halogens is 1. The van der Waals surface area contributed by atoms with E-state index in [0.717, 1.165) is 36.3 Å². The maximum atomic E-state index is 5.82. The first-order valence-corrected chi connectivity index (χ1v) is 6.36. The average Bonchev–Trinajstić information content (AvgIpc) is 2.19. The van der Waals surface area contributed by atoms with Gasteiger partial charge in [0.05, 0.1) is 5.69 Å². The first-order valence-electron chi connectivity index (χ1n) is 5.57. The molecular formula is C12H18BrN3. The number of likely N-dealkylation sites (N-methyl/N-ethyl adjacent to an activating group) is 1. The molecule has 4 heteroatoms. The number of hydrogen-bond donors (Lipinski definition) is 1. The Balaban J connectivity index is 2.26. The lowest BCUT2D eigenvalue weighted by Crippen LogP contribution is -2.44. The van der Waals surface area contributed by atoms with Gasteiger partial charge in [0, 0.05) is 36.3 Å². The molecule has 16 heavy (non-hydrogen) atoms. The summed E-state index contributed by atoms with van der Waals surface area (Å²) >= 11 is 3.61. The highest BCUT2D eigenvalue weighted by molar-refractivity contribution is 9.10. The summed E-state index contributed by atoms with van der Waals surface area (Å²) in [6, 6.07) is 4.03. The van der Waals surface area contributed by atoms with E-state index in [0.29, 0.717) is 0 Å². The van der Waals surface area contributed by atoms with Gasteiger partial charge < -0.3 is 15.5 Å². The highest BCUT2D eigenvalue weighted by Gasteiger charge is 2.18. The molecule has 0 bridgehead atoms. The highest BCUT2D eigenvalue weighted by Crippen LogP contribution is 2.32. The molecule has 2 N–H and O–H groups in total. The van der Waals surface area contributed by atoms with Gasteiger partial charge in [-0.1, -0.05) is 0 Å². The molecule has 0 saturated carbocycles. The van der Waals surface area contributed by atoms with Crippen molar-refractivity contribution in [2.75, 3.05) is 43.9 Å². The van der Waals surface area contributed by atoms with Gasteiger partial charge >= 0.3 is 0 Å². The van der Waals surface area contributed by atoms with Crippen LogP contribution in [0.4, 0.5) is 11.4 Å². The smallest absolute Gasteiger partial charge is 0.0542 e. The minimum absolute atomic E-state index is 0.822. The Hall–Kier alpha value is -0.740. The first kappa shape index (κ1) is 11.7. The quantitative estimate of drug-likeness (QED) is 0.802. The number of anilines is 2. The number of piperazine rings is 1. The normalized spacial score (nSPS) is 17.8. The minimum atomic E-state index is 0.822. The first-order chi connectivity index (χ1) is 7.58. The summed E-state index contributed by atoms with van der Waals surface area (Å²) in [5.74, 6) is 0. The molecule has 0 amide bonds. The average molecular weight is 284 g/mol. The molecule has 1 aromatic carbocycles. The zero-order chi connectivity index (χ0) is 11.7. The molecule has 3 nitrogen and oxygen atoms in total. The highest BCUT2D eigenvalue weighted by atomic mass is 79.9. The van der Waals surface area contributed by atoms with Crippen LogP contribution in [0, 0.1) is 6.92 Å². The predicted octanol–water partition coefficient (Wildman–Crippen LogP) is 2.09. The van der Waals surface area contributed by atoms with E-state index in [4.69, 9.17) is 5.73 Å². The van der Waals surface area contributed by atoms with Crippen LogP contribution in [0.25, 0.3) is 0 Å². The predicted molar refractivity (Wildman–Crippen MR) is 73.0 cm³/mol. The zero-order valence-corrected chi connectivity index (χ0v) is 11.4. The molecule has 1 heterocycles. The van der Waals surface area contributed by atoms with Gasteiger partial charge in [0.25, 0.3) is 0 Å². The van der Waals surface area contributed by atoms with Crippen molar-refractivity contribution < 1.29 is 0 Å². The van der Waals surface area contributed by atoms with Crippen molar-refractivity contribution >= 4 is 27.3 Å². The van der Waals surface area contributed by atoms with E-state index in [1.165, 1.54) is 11.3 Å². The van der Waals surface area contributed by atoms with Gasteiger partial charge in [-0.25, -0.2) is 0 Å². The lowest BCUT2D eigenvalue weighted by Gasteiger charge is -2.35. The van der Waals surface area contributed by atoms with E-state index in [9.17, 15) is 0 Å². The third-order valence-electron chi connectivity index (χ3n) is 3.10. The van der Waals surface area contributed by atoms with Gasteiger partial charge in [0.2, 0.25) is 0 Å². The molecule has 88 valence electrons. The summed E-state index contributed by atoms with van der Waals surface area (Å²) < 4.78 is 1.11. The summed E-state index contributed by atoms with van der Waals surface area (Å²) in [5, 5.41) is 0. The van der Waals surface area contributed by atoms with Gasteiger partial charge in [-0.2, -0.15) is 0 Å². The Labute approximate surface area is 105 Å². The van der Waals surface area contributed by atoms with Crippen LogP contribution in [-0.4, -0.2) is 38.1 Å². The van der Waals surface area contributed by atoms with Gasteiger partial charge in [-0.3, -0.25) is 0 Å². The van der Waals surface area contributed by atoms with Crippen LogP contribution >= 0.6 is 15.9 Å². The third-order valence-corrected chi connectivity index (χ3v) is 3.70. The molecule has 0 spiro atoms. The summed E-state index contributed by atoms with van der Waals surface area (Å²) in [6.07, 6.45) is 0. The van der Waals surface area contributed by atoms with E-state index >= 15 is 0 Å². The van der Waals surface area contributed by atoms with Gasteiger partial charge in [0.15, 0.2) is 0 Å². The lowest BCUT2D eigenvalue weighted by atomic mass is 10.1. The number of nitrogens with two attached hydrogens (primary N) is 1. The Morgan fingerprint density at radius 3 is 2.38 bits per heavy atom. The Kier molecular flexibility index (Phi) is 3.40. The monoisotopic (exact) mass is 283 g/mol. The summed E-state index contributed by atoms with van der Waals surface area (Å²) in [7, 11) is 2.17. The van der Waals surface area contributed by atoms with Crippen LogP contribution in [0.5, 0.6) is 0 Å². The molecule has 2 rings (SSSR count). The SMILES string of the molecule is Cc1cc(N)cc(Br)c1N1CCN(C)CC1. The Morgan fingerprint density at radius 2 is 1.81 bits per heavy atom. The maximum Gasteiger partial charge on any atom is 0.0542 e. The Bertz CT molecular complexity index is 361. The Morgan fingerprint density at radius 1 is 1.19 bits per heavy atom. The fraction of sp³-hybridized carbons (Fsp3) is 0.500. The fourth-order valence-corrected chi connectivity index (χ4v) is 3.02. The van der Waals surface area contributed by atoms with Gasteiger partial charge in [-0.15, -0.1) is 0 Å². The molecule has 0 aromatic heterocycles. The van der Waals surface area contributed by atoms with Crippen molar-refractivity contribution in [3.05, 3.63) is 22.2 Å². The zero-order valence-electron chi connectivity index (χ0n) is 9.83. The van der Waals surface area contributed by atoms with Crippen LogP contribution in [0.1, 0.15) is 5.56 Å². The van der Waals surface area contributed by atoms with Crippen LogP contribution in [0.2, 0.25) is 0 Å². The van der Waals surface area contributed by atoms with Crippen LogP contribution in [0.3, 0.4) is 0 Å². The van der Waals surface area contributed by atoms with E-state index in [2.05, 4.69) is 39.7 Å². The summed E-state index contributed by atoms with van der Waals surface area (Å²) in [4.78, 5) is 4.79. The van der Waals surface area contributed by atoms with Crippen LogP contribution in [-0.2, 0) is 0 Å². The standard InChI is InChI=1S/C12H18BrN3/c1-9-7-10(14)8-11(13)12(9)16-5-3-15(2)4-6-16/h7-8H,3-6,14H2,1-2H3. The summed E-state index contributed by atoms with van der Waals surface area (Å²) in [6.45, 7) is 6.53. The van der Waals surface area contributed by atoms with Crippen LogP contribution < -0.4 is 10.6 Å². The van der Waals surface area contributed by atoms with Crippen molar-refractivity contribution in [1.82, 2.24) is 4.90 Å². The molecular weight excluding hydrogens is 266 g/mol. The molecule has 1 aromatic rings. The molecule has 0 aliphatic carbocycles. The van der Waals surface area contributed by atoms with Crippen molar-refractivity contribution in [2.24, 2.45) is 0 Å². The molecule has 1 aliphatic heterocycles.